The summed E-state index contributed by atoms with van der Waals surface area (Å²) in [6, 6.07) is 15.2. The van der Waals surface area contributed by atoms with Crippen LogP contribution in [0.5, 0.6) is 0 Å². The number of carbonyl (C=O) groups is 3. The second-order valence-corrected chi connectivity index (χ2v) is 10.4. The van der Waals surface area contributed by atoms with Crippen molar-refractivity contribution in [1.29, 1.82) is 0 Å². The molecular weight excluding hydrogens is 460 g/mol. The number of amides is 2. The maximum atomic E-state index is 13.3. The van der Waals surface area contributed by atoms with E-state index in [2.05, 4.69) is 17.4 Å². The molecule has 0 aromatic heterocycles. The molecule has 0 bridgehead atoms. The van der Waals surface area contributed by atoms with Gasteiger partial charge in [0.15, 0.2) is 0 Å². The molecule has 0 radical (unpaired) electrons. The molecule has 2 aromatic rings. The van der Waals surface area contributed by atoms with Crippen molar-refractivity contribution in [2.45, 2.75) is 70.1 Å². The summed E-state index contributed by atoms with van der Waals surface area (Å²) < 4.78 is 11.2. The van der Waals surface area contributed by atoms with Crippen molar-refractivity contribution >= 4 is 18.2 Å². The first-order chi connectivity index (χ1) is 17.1. The monoisotopic (exact) mass is 494 g/mol. The first-order valence-corrected chi connectivity index (χ1v) is 12.5. The van der Waals surface area contributed by atoms with Gasteiger partial charge in [0.05, 0.1) is 12.1 Å². The lowest BCUT2D eigenvalue weighted by Gasteiger charge is -2.39. The molecule has 1 saturated carbocycles. The van der Waals surface area contributed by atoms with E-state index in [1.807, 2.05) is 36.4 Å². The molecule has 2 atom stereocenters. The largest absolute Gasteiger partial charge is 0.480 e. The third-order valence-corrected chi connectivity index (χ3v) is 6.71. The van der Waals surface area contributed by atoms with Gasteiger partial charge in [0, 0.05) is 5.92 Å². The van der Waals surface area contributed by atoms with Crippen LogP contribution in [0.15, 0.2) is 48.5 Å². The number of nitrogens with one attached hydrogen (secondary N) is 1. The fourth-order valence-electron chi connectivity index (χ4n) is 5.25. The highest BCUT2D eigenvalue weighted by atomic mass is 16.6. The van der Waals surface area contributed by atoms with E-state index in [4.69, 9.17) is 9.47 Å². The number of benzene rings is 2. The van der Waals surface area contributed by atoms with Crippen LogP contribution in [0.4, 0.5) is 9.59 Å². The number of rotatable bonds is 6. The number of ether oxygens (including phenoxy) is 2. The van der Waals surface area contributed by atoms with Gasteiger partial charge in [0.25, 0.3) is 0 Å². The molecule has 2 aliphatic rings. The summed E-state index contributed by atoms with van der Waals surface area (Å²) in [7, 11) is 0. The van der Waals surface area contributed by atoms with E-state index in [1.54, 1.807) is 20.8 Å². The number of carboxylic acids is 1. The highest BCUT2D eigenvalue weighted by Crippen LogP contribution is 2.44. The zero-order valence-corrected chi connectivity index (χ0v) is 21.0. The van der Waals surface area contributed by atoms with Crippen LogP contribution in [-0.4, -0.2) is 59.0 Å². The van der Waals surface area contributed by atoms with E-state index in [-0.39, 0.29) is 12.5 Å². The normalized spacial score (nSPS) is 19.1. The Balaban J connectivity index is 1.50. The van der Waals surface area contributed by atoms with Crippen molar-refractivity contribution in [2.24, 2.45) is 0 Å². The Morgan fingerprint density at radius 1 is 0.972 bits per heavy atom. The van der Waals surface area contributed by atoms with Crippen LogP contribution in [-0.2, 0) is 14.3 Å². The molecular formula is C28H34N2O6. The summed E-state index contributed by atoms with van der Waals surface area (Å²) in [5.41, 5.74) is 3.73. The molecule has 0 spiro atoms. The fourth-order valence-corrected chi connectivity index (χ4v) is 5.25. The standard InChI is InChI=1S/C28H34N2O6/c1-28(2,3)36-26(33)29-23-14-8-9-15-24(23)30(16-25(31)32)27(34)35-17-22-20-12-6-4-10-18(20)19-11-5-7-13-21(19)22/h4-7,10-13,22-24H,8-9,14-17H2,1-3H3,(H,29,33)(H,31,32)/t23-,24+/m1/s1. The molecule has 0 unspecified atom stereocenters. The van der Waals surface area contributed by atoms with Crippen molar-refractivity contribution in [1.82, 2.24) is 10.2 Å². The highest BCUT2D eigenvalue weighted by molar-refractivity contribution is 5.80. The van der Waals surface area contributed by atoms with Crippen molar-refractivity contribution in [3.05, 3.63) is 59.7 Å². The van der Waals surface area contributed by atoms with Crippen LogP contribution in [0.25, 0.3) is 11.1 Å². The van der Waals surface area contributed by atoms with E-state index in [0.29, 0.717) is 12.8 Å². The molecule has 192 valence electrons. The Labute approximate surface area is 211 Å². The van der Waals surface area contributed by atoms with E-state index in [1.165, 1.54) is 4.90 Å². The first-order valence-electron chi connectivity index (χ1n) is 12.5. The number of nitrogens with zero attached hydrogens (tertiary/aromatic N) is 1. The quantitative estimate of drug-likeness (QED) is 0.575. The third-order valence-electron chi connectivity index (χ3n) is 6.71. The fraction of sp³-hybridized carbons (Fsp3) is 0.464. The molecule has 8 nitrogen and oxygen atoms in total. The van der Waals surface area contributed by atoms with Gasteiger partial charge in [-0.3, -0.25) is 9.69 Å². The van der Waals surface area contributed by atoms with Gasteiger partial charge in [-0.25, -0.2) is 9.59 Å². The predicted octanol–water partition coefficient (Wildman–Crippen LogP) is 5.16. The van der Waals surface area contributed by atoms with Crippen molar-refractivity contribution in [3.63, 3.8) is 0 Å². The Morgan fingerprint density at radius 2 is 1.56 bits per heavy atom. The SMILES string of the molecule is CC(C)(C)OC(=O)N[C@@H]1CCCC[C@@H]1N(CC(=O)O)C(=O)OCC1c2ccccc2-c2ccccc21. The van der Waals surface area contributed by atoms with E-state index in [0.717, 1.165) is 35.1 Å². The predicted molar refractivity (Wildman–Crippen MR) is 135 cm³/mol. The Hall–Kier alpha value is -3.55. The number of carboxylic acid groups (broad SMARTS) is 1. The third kappa shape index (κ3) is 5.80. The molecule has 0 heterocycles. The van der Waals surface area contributed by atoms with Gasteiger partial charge in [-0.2, -0.15) is 0 Å². The average Bonchev–Trinajstić information content (AvgIpc) is 3.14. The van der Waals surface area contributed by atoms with Crippen LogP contribution < -0.4 is 5.32 Å². The summed E-state index contributed by atoms with van der Waals surface area (Å²) >= 11 is 0. The zero-order valence-electron chi connectivity index (χ0n) is 21.0. The average molecular weight is 495 g/mol. The van der Waals surface area contributed by atoms with Crippen LogP contribution >= 0.6 is 0 Å². The minimum atomic E-state index is -1.13. The van der Waals surface area contributed by atoms with Crippen LogP contribution in [0.2, 0.25) is 0 Å². The Morgan fingerprint density at radius 3 is 2.14 bits per heavy atom. The van der Waals surface area contributed by atoms with E-state index < -0.39 is 42.4 Å². The molecule has 0 aliphatic heterocycles. The van der Waals surface area contributed by atoms with Crippen LogP contribution in [0, 0.1) is 0 Å². The van der Waals surface area contributed by atoms with Crippen molar-refractivity contribution in [3.8, 4) is 11.1 Å². The summed E-state index contributed by atoms with van der Waals surface area (Å²) in [5.74, 6) is -1.26. The second kappa shape index (κ2) is 10.6. The zero-order chi connectivity index (χ0) is 25.9. The van der Waals surface area contributed by atoms with Gasteiger partial charge in [-0.15, -0.1) is 0 Å². The summed E-state index contributed by atoms with van der Waals surface area (Å²) in [6.45, 7) is 4.92. The molecule has 8 heteroatoms. The first kappa shape index (κ1) is 25.5. The van der Waals surface area contributed by atoms with Gasteiger partial charge in [0.1, 0.15) is 18.8 Å². The van der Waals surface area contributed by atoms with E-state index in [9.17, 15) is 19.5 Å². The lowest BCUT2D eigenvalue weighted by molar-refractivity contribution is -0.138. The molecule has 4 rings (SSSR count). The number of aliphatic carboxylic acids is 1. The molecule has 2 aromatic carbocycles. The highest BCUT2D eigenvalue weighted by Gasteiger charge is 2.37. The molecule has 1 fully saturated rings. The van der Waals surface area contributed by atoms with Crippen molar-refractivity contribution in [2.75, 3.05) is 13.2 Å². The molecule has 2 aliphatic carbocycles. The van der Waals surface area contributed by atoms with Gasteiger partial charge in [-0.1, -0.05) is 61.4 Å². The number of hydrogen-bond donors (Lipinski definition) is 2. The number of hydrogen-bond acceptors (Lipinski definition) is 5. The van der Waals surface area contributed by atoms with Crippen molar-refractivity contribution < 1.29 is 29.0 Å². The molecule has 36 heavy (non-hydrogen) atoms. The topological polar surface area (TPSA) is 105 Å². The minimum Gasteiger partial charge on any atom is -0.480 e. The van der Waals surface area contributed by atoms with E-state index >= 15 is 0 Å². The summed E-state index contributed by atoms with van der Waals surface area (Å²) in [6.07, 6.45) is 1.60. The lowest BCUT2D eigenvalue weighted by Crippen LogP contribution is -2.56. The maximum Gasteiger partial charge on any atom is 0.410 e. The van der Waals surface area contributed by atoms with Crippen LogP contribution in [0.3, 0.4) is 0 Å². The Kier molecular flexibility index (Phi) is 7.52. The van der Waals surface area contributed by atoms with Gasteiger partial charge in [-0.05, 0) is 55.9 Å². The van der Waals surface area contributed by atoms with Crippen LogP contribution in [0.1, 0.15) is 63.5 Å². The molecule has 0 saturated heterocycles. The lowest BCUT2D eigenvalue weighted by atomic mass is 9.89. The number of carbonyl (C=O) groups excluding carboxylic acids is 2. The van der Waals surface area contributed by atoms with Gasteiger partial charge >= 0.3 is 18.2 Å². The number of alkyl carbamates (subject to hydrolysis) is 1. The van der Waals surface area contributed by atoms with Gasteiger partial charge < -0.3 is 19.9 Å². The summed E-state index contributed by atoms with van der Waals surface area (Å²) in [4.78, 5) is 38.7. The van der Waals surface area contributed by atoms with Gasteiger partial charge in [0.2, 0.25) is 0 Å². The summed E-state index contributed by atoms with van der Waals surface area (Å²) in [5, 5.41) is 12.4. The molecule has 2 amide bonds. The Bertz CT molecular complexity index is 1080. The molecule has 2 N–H and O–H groups in total. The second-order valence-electron chi connectivity index (χ2n) is 10.4. The number of fused-ring (bicyclic) bond motifs is 3. The smallest absolute Gasteiger partial charge is 0.410 e. The minimum absolute atomic E-state index is 0.0971. The maximum absolute atomic E-state index is 13.3.